The Morgan fingerprint density at radius 3 is 2.50 bits per heavy atom. The molecule has 0 unspecified atom stereocenters. The fourth-order valence-electron chi connectivity index (χ4n) is 2.46. The van der Waals surface area contributed by atoms with E-state index in [9.17, 15) is 4.79 Å². The number of ether oxygens (including phenoxy) is 1. The van der Waals surface area contributed by atoms with E-state index in [2.05, 4.69) is 20.9 Å². The number of hydrogen-bond acceptors (Lipinski definition) is 3. The minimum Gasteiger partial charge on any atom is -0.496 e. The summed E-state index contributed by atoms with van der Waals surface area (Å²) in [5.41, 5.74) is 1.79. The van der Waals surface area contributed by atoms with Gasteiger partial charge in [0.2, 0.25) is 5.91 Å². The van der Waals surface area contributed by atoms with Crippen molar-refractivity contribution in [3.8, 4) is 5.75 Å². The van der Waals surface area contributed by atoms with Gasteiger partial charge in [-0.3, -0.25) is 9.79 Å². The third-order valence-electron chi connectivity index (χ3n) is 3.86. The van der Waals surface area contributed by atoms with Crippen molar-refractivity contribution in [3.63, 3.8) is 0 Å². The molecule has 0 aliphatic carbocycles. The second kappa shape index (κ2) is 13.2. The second-order valence-corrected chi connectivity index (χ2v) is 6.26. The molecule has 28 heavy (non-hydrogen) atoms. The summed E-state index contributed by atoms with van der Waals surface area (Å²) >= 11 is 5.83. The number of benzene rings is 2. The molecule has 0 aliphatic rings. The van der Waals surface area contributed by atoms with Crippen LogP contribution in [0.15, 0.2) is 53.5 Å². The first-order valence-electron chi connectivity index (χ1n) is 8.74. The van der Waals surface area contributed by atoms with Gasteiger partial charge in [0, 0.05) is 42.8 Å². The van der Waals surface area contributed by atoms with Crippen LogP contribution in [0.2, 0.25) is 5.02 Å². The van der Waals surface area contributed by atoms with E-state index in [-0.39, 0.29) is 29.9 Å². The number of nitrogens with zero attached hydrogens (tertiary/aromatic N) is 1. The number of aliphatic imine (C=N–C) groups is 1. The standard InChI is InChI=1S/C20H25ClN4O2.HI/c1-22-20(24-14-15-6-3-4-7-18(15)27-2)23-13-5-8-19(26)25-17-11-9-16(21)10-12-17;/h3-4,6-7,9-12H,5,8,13-14H2,1-2H3,(H,25,26)(H2,22,23,24);1H. The van der Waals surface area contributed by atoms with E-state index in [1.807, 2.05) is 24.3 Å². The van der Waals surface area contributed by atoms with Crippen LogP contribution in [-0.2, 0) is 11.3 Å². The minimum absolute atomic E-state index is 0. The molecule has 2 aromatic rings. The maximum absolute atomic E-state index is 12.0. The maximum atomic E-state index is 12.0. The van der Waals surface area contributed by atoms with Crippen LogP contribution in [0.3, 0.4) is 0 Å². The van der Waals surface area contributed by atoms with E-state index in [0.717, 1.165) is 17.0 Å². The fourth-order valence-corrected chi connectivity index (χ4v) is 2.59. The quantitative estimate of drug-likeness (QED) is 0.214. The highest BCUT2D eigenvalue weighted by Gasteiger charge is 2.05. The molecule has 2 rings (SSSR count). The number of amides is 1. The third kappa shape index (κ3) is 8.35. The number of carbonyl (C=O) groups excluding carboxylic acids is 1. The molecule has 3 N–H and O–H groups in total. The van der Waals surface area contributed by atoms with E-state index >= 15 is 0 Å². The highest BCUT2D eigenvalue weighted by Crippen LogP contribution is 2.16. The third-order valence-corrected chi connectivity index (χ3v) is 4.12. The molecule has 0 spiro atoms. The van der Waals surface area contributed by atoms with E-state index < -0.39 is 0 Å². The molecule has 0 aromatic heterocycles. The van der Waals surface area contributed by atoms with E-state index in [0.29, 0.717) is 36.9 Å². The summed E-state index contributed by atoms with van der Waals surface area (Å²) < 4.78 is 5.34. The van der Waals surface area contributed by atoms with Crippen LogP contribution in [0.1, 0.15) is 18.4 Å². The molecule has 0 atom stereocenters. The SMILES string of the molecule is CN=C(NCCCC(=O)Nc1ccc(Cl)cc1)NCc1ccccc1OC.I. The Morgan fingerprint density at radius 1 is 1.11 bits per heavy atom. The van der Waals surface area contributed by atoms with Gasteiger partial charge in [0.05, 0.1) is 7.11 Å². The monoisotopic (exact) mass is 516 g/mol. The van der Waals surface area contributed by atoms with Crippen LogP contribution in [0.25, 0.3) is 0 Å². The lowest BCUT2D eigenvalue weighted by Crippen LogP contribution is -2.37. The zero-order valence-corrected chi connectivity index (χ0v) is 19.1. The van der Waals surface area contributed by atoms with Crippen molar-refractivity contribution in [2.45, 2.75) is 19.4 Å². The molecule has 6 nitrogen and oxygen atoms in total. The number of nitrogens with one attached hydrogen (secondary N) is 3. The van der Waals surface area contributed by atoms with Crippen LogP contribution < -0.4 is 20.7 Å². The Hall–Kier alpha value is -2.00. The lowest BCUT2D eigenvalue weighted by atomic mass is 10.2. The zero-order valence-electron chi connectivity index (χ0n) is 16.0. The molecule has 8 heteroatoms. The smallest absolute Gasteiger partial charge is 0.224 e. The maximum Gasteiger partial charge on any atom is 0.224 e. The molecule has 0 radical (unpaired) electrons. The number of anilines is 1. The molecule has 0 fully saturated rings. The van der Waals surface area contributed by atoms with E-state index in [1.165, 1.54) is 0 Å². The summed E-state index contributed by atoms with van der Waals surface area (Å²) in [6.45, 7) is 1.24. The van der Waals surface area contributed by atoms with Crippen LogP contribution in [0.5, 0.6) is 5.75 Å². The van der Waals surface area contributed by atoms with Crippen LogP contribution >= 0.6 is 35.6 Å². The molecule has 0 bridgehead atoms. The number of halogens is 2. The molecule has 2 aromatic carbocycles. The second-order valence-electron chi connectivity index (χ2n) is 5.82. The van der Waals surface area contributed by atoms with Gasteiger partial charge >= 0.3 is 0 Å². The Labute approximate surface area is 188 Å². The lowest BCUT2D eigenvalue weighted by molar-refractivity contribution is -0.116. The van der Waals surface area contributed by atoms with Gasteiger partial charge in [0.15, 0.2) is 5.96 Å². The Balaban J connectivity index is 0.00000392. The summed E-state index contributed by atoms with van der Waals surface area (Å²) in [6.07, 6.45) is 1.11. The minimum atomic E-state index is -0.0314. The van der Waals surface area contributed by atoms with Gasteiger partial charge in [-0.1, -0.05) is 29.8 Å². The molecular weight excluding hydrogens is 491 g/mol. The molecule has 0 aliphatic heterocycles. The number of para-hydroxylation sites is 1. The first-order valence-corrected chi connectivity index (χ1v) is 9.12. The summed E-state index contributed by atoms with van der Waals surface area (Å²) in [7, 11) is 3.37. The molecular formula is C20H26ClIN4O2. The van der Waals surface area contributed by atoms with Crippen molar-refractivity contribution >= 4 is 53.1 Å². The van der Waals surface area contributed by atoms with Gasteiger partial charge in [-0.05, 0) is 36.8 Å². The lowest BCUT2D eigenvalue weighted by Gasteiger charge is -2.13. The Bertz CT molecular complexity index is 769. The van der Waals surface area contributed by atoms with Gasteiger partial charge in [0.1, 0.15) is 5.75 Å². The predicted molar refractivity (Wildman–Crippen MR) is 126 cm³/mol. The fraction of sp³-hybridized carbons (Fsp3) is 0.300. The number of carbonyl (C=O) groups is 1. The zero-order chi connectivity index (χ0) is 19.5. The van der Waals surface area contributed by atoms with Gasteiger partial charge in [0.25, 0.3) is 0 Å². The number of hydrogen-bond donors (Lipinski definition) is 3. The Morgan fingerprint density at radius 2 is 1.82 bits per heavy atom. The van der Waals surface area contributed by atoms with Crippen molar-refractivity contribution < 1.29 is 9.53 Å². The normalized spacial score (nSPS) is 10.6. The average molecular weight is 517 g/mol. The van der Waals surface area contributed by atoms with Crippen molar-refractivity contribution in [2.75, 3.05) is 26.0 Å². The van der Waals surface area contributed by atoms with Crippen molar-refractivity contribution in [1.29, 1.82) is 0 Å². The van der Waals surface area contributed by atoms with Crippen LogP contribution in [0, 0.1) is 0 Å². The van der Waals surface area contributed by atoms with Gasteiger partial charge < -0.3 is 20.7 Å². The van der Waals surface area contributed by atoms with Crippen LogP contribution in [0.4, 0.5) is 5.69 Å². The molecule has 0 heterocycles. The first-order chi connectivity index (χ1) is 13.1. The first kappa shape index (κ1) is 24.0. The van der Waals surface area contributed by atoms with Crippen molar-refractivity contribution in [2.24, 2.45) is 4.99 Å². The van der Waals surface area contributed by atoms with Gasteiger partial charge in [-0.2, -0.15) is 0 Å². The highest BCUT2D eigenvalue weighted by molar-refractivity contribution is 14.0. The van der Waals surface area contributed by atoms with Gasteiger partial charge in [-0.15, -0.1) is 24.0 Å². The largest absolute Gasteiger partial charge is 0.496 e. The number of methoxy groups -OCH3 is 1. The number of guanidine groups is 1. The summed E-state index contributed by atoms with van der Waals surface area (Å²) in [5.74, 6) is 1.48. The summed E-state index contributed by atoms with van der Waals surface area (Å²) in [5, 5.41) is 9.93. The molecule has 0 saturated carbocycles. The summed E-state index contributed by atoms with van der Waals surface area (Å²) in [4.78, 5) is 16.2. The van der Waals surface area contributed by atoms with Crippen LogP contribution in [-0.4, -0.2) is 32.6 Å². The molecule has 152 valence electrons. The van der Waals surface area contributed by atoms with E-state index in [4.69, 9.17) is 16.3 Å². The summed E-state index contributed by atoms with van der Waals surface area (Å²) in [6, 6.07) is 14.9. The molecule has 1 amide bonds. The van der Waals surface area contributed by atoms with Crippen molar-refractivity contribution in [3.05, 3.63) is 59.1 Å². The van der Waals surface area contributed by atoms with Gasteiger partial charge in [-0.25, -0.2) is 0 Å². The Kier molecular flexibility index (Phi) is 11.4. The van der Waals surface area contributed by atoms with Crippen molar-refractivity contribution in [1.82, 2.24) is 10.6 Å². The predicted octanol–water partition coefficient (Wildman–Crippen LogP) is 4.05. The topological polar surface area (TPSA) is 74.8 Å². The molecule has 0 saturated heterocycles. The van der Waals surface area contributed by atoms with E-state index in [1.54, 1.807) is 38.4 Å². The number of rotatable bonds is 8. The average Bonchev–Trinajstić information content (AvgIpc) is 2.69. The highest BCUT2D eigenvalue weighted by atomic mass is 127.